The lowest BCUT2D eigenvalue weighted by Gasteiger charge is -2.14. The van der Waals surface area contributed by atoms with Crippen LogP contribution >= 0.6 is 0 Å². The van der Waals surface area contributed by atoms with Crippen molar-refractivity contribution in [2.75, 3.05) is 0 Å². The van der Waals surface area contributed by atoms with Crippen LogP contribution in [0.5, 0.6) is 17.2 Å². The van der Waals surface area contributed by atoms with E-state index in [2.05, 4.69) is 0 Å². The van der Waals surface area contributed by atoms with Crippen LogP contribution in [0.15, 0.2) is 12.1 Å². The van der Waals surface area contributed by atoms with Gasteiger partial charge in [-0.05, 0) is 17.7 Å². The molecule has 0 aliphatic heterocycles. The second kappa shape index (κ2) is 7.18. The zero-order valence-electron chi connectivity index (χ0n) is 11.8. The smallest absolute Gasteiger partial charge is 0.308 e. The lowest BCUT2D eigenvalue weighted by atomic mass is 10.1. The molecule has 1 rings (SSSR count). The fraction of sp³-hybridized carbons (Fsp3) is 0.286. The summed E-state index contributed by atoms with van der Waals surface area (Å²) >= 11 is 0. The summed E-state index contributed by atoms with van der Waals surface area (Å²) in [6.45, 7) is 3.47. The monoisotopic (exact) mass is 294 g/mol. The summed E-state index contributed by atoms with van der Waals surface area (Å²) in [6.07, 6.45) is 0.652. The molecule has 0 fully saturated rings. The Morgan fingerprint density at radius 1 is 0.905 bits per heavy atom. The Labute approximate surface area is 120 Å². The molecule has 0 atom stereocenters. The van der Waals surface area contributed by atoms with E-state index in [1.165, 1.54) is 12.1 Å². The highest BCUT2D eigenvalue weighted by molar-refractivity contribution is 5.78. The van der Waals surface area contributed by atoms with E-state index in [-0.39, 0.29) is 23.7 Å². The van der Waals surface area contributed by atoms with Crippen LogP contribution in [0.3, 0.4) is 0 Å². The quantitative estimate of drug-likeness (QED) is 0.457. The number of benzene rings is 1. The Morgan fingerprint density at radius 3 is 1.67 bits per heavy atom. The van der Waals surface area contributed by atoms with Crippen LogP contribution in [-0.2, 0) is 25.6 Å². The Morgan fingerprint density at radius 2 is 1.33 bits per heavy atom. The summed E-state index contributed by atoms with van der Waals surface area (Å²) in [7, 11) is 0. The number of aldehydes is 1. The number of esters is 3. The Hall–Kier alpha value is -2.70. The van der Waals surface area contributed by atoms with Crippen LogP contribution in [0.4, 0.5) is 0 Å². The average molecular weight is 294 g/mol. The minimum Gasteiger partial charge on any atom is -0.423 e. The summed E-state index contributed by atoms with van der Waals surface area (Å²) in [5.41, 5.74) is 0.438. The molecule has 0 heterocycles. The molecule has 0 saturated carbocycles. The van der Waals surface area contributed by atoms with Crippen molar-refractivity contribution in [1.29, 1.82) is 0 Å². The second-order valence-electron chi connectivity index (χ2n) is 4.07. The first-order chi connectivity index (χ1) is 9.83. The maximum absolute atomic E-state index is 11.1. The molecule has 1 aromatic carbocycles. The molecule has 0 N–H and O–H groups in total. The van der Waals surface area contributed by atoms with Gasteiger partial charge in [-0.15, -0.1) is 0 Å². The first-order valence-corrected chi connectivity index (χ1v) is 5.99. The predicted octanol–water partition coefficient (Wildman–Crippen LogP) is 1.20. The van der Waals surface area contributed by atoms with E-state index in [9.17, 15) is 19.2 Å². The third-order valence-corrected chi connectivity index (χ3v) is 2.15. The van der Waals surface area contributed by atoms with Crippen molar-refractivity contribution in [3.8, 4) is 17.2 Å². The number of hydrogen-bond donors (Lipinski definition) is 0. The van der Waals surface area contributed by atoms with E-state index in [4.69, 9.17) is 14.2 Å². The molecule has 7 nitrogen and oxygen atoms in total. The molecule has 0 aromatic heterocycles. The Kier molecular flexibility index (Phi) is 5.59. The molecule has 0 bridgehead atoms. The molecule has 0 saturated heterocycles. The molecule has 0 aliphatic carbocycles. The third kappa shape index (κ3) is 5.06. The van der Waals surface area contributed by atoms with Gasteiger partial charge in [0.1, 0.15) is 6.29 Å². The van der Waals surface area contributed by atoms with Crippen LogP contribution in [0.2, 0.25) is 0 Å². The maximum atomic E-state index is 11.1. The van der Waals surface area contributed by atoms with Gasteiger partial charge in [-0.25, -0.2) is 0 Å². The minimum absolute atomic E-state index is 0.0167. The van der Waals surface area contributed by atoms with Gasteiger partial charge in [-0.2, -0.15) is 0 Å². The van der Waals surface area contributed by atoms with Gasteiger partial charge in [0, 0.05) is 27.2 Å². The van der Waals surface area contributed by atoms with Crippen molar-refractivity contribution in [1.82, 2.24) is 0 Å². The number of carbonyl (C=O) groups is 4. The van der Waals surface area contributed by atoms with Crippen molar-refractivity contribution >= 4 is 24.2 Å². The molecular weight excluding hydrogens is 280 g/mol. The lowest BCUT2D eigenvalue weighted by molar-refractivity contribution is -0.135. The highest BCUT2D eigenvalue weighted by Gasteiger charge is 2.19. The molecular formula is C14H14O7. The van der Waals surface area contributed by atoms with Crippen LogP contribution in [-0.4, -0.2) is 24.2 Å². The van der Waals surface area contributed by atoms with E-state index >= 15 is 0 Å². The van der Waals surface area contributed by atoms with Crippen molar-refractivity contribution in [2.45, 2.75) is 27.2 Å². The Balaban J connectivity index is 3.42. The van der Waals surface area contributed by atoms with Gasteiger partial charge in [0.15, 0.2) is 11.5 Å². The fourth-order valence-electron chi connectivity index (χ4n) is 1.55. The summed E-state index contributed by atoms with van der Waals surface area (Å²) in [4.78, 5) is 44.0. The van der Waals surface area contributed by atoms with E-state index in [1.54, 1.807) is 0 Å². The van der Waals surface area contributed by atoms with Crippen molar-refractivity contribution in [3.05, 3.63) is 17.7 Å². The molecule has 0 spiro atoms. The van der Waals surface area contributed by atoms with E-state index in [0.717, 1.165) is 20.8 Å². The van der Waals surface area contributed by atoms with E-state index < -0.39 is 17.9 Å². The van der Waals surface area contributed by atoms with Crippen molar-refractivity contribution < 1.29 is 33.4 Å². The zero-order valence-corrected chi connectivity index (χ0v) is 11.8. The molecule has 112 valence electrons. The average Bonchev–Trinajstić information content (AvgIpc) is 2.32. The van der Waals surface area contributed by atoms with E-state index in [1.807, 2.05) is 0 Å². The van der Waals surface area contributed by atoms with E-state index in [0.29, 0.717) is 11.8 Å². The standard InChI is InChI=1S/C14H14O7/c1-8(16)19-12-6-11(4-5-15)7-13(20-9(2)17)14(12)21-10(3)18/h5-7H,4H2,1-3H3. The van der Waals surface area contributed by atoms with Crippen molar-refractivity contribution in [2.24, 2.45) is 0 Å². The first-order valence-electron chi connectivity index (χ1n) is 5.99. The second-order valence-corrected chi connectivity index (χ2v) is 4.07. The van der Waals surface area contributed by atoms with Gasteiger partial charge in [0.25, 0.3) is 0 Å². The van der Waals surface area contributed by atoms with Gasteiger partial charge in [-0.1, -0.05) is 0 Å². The molecule has 7 heteroatoms. The molecule has 0 radical (unpaired) electrons. The lowest BCUT2D eigenvalue weighted by Crippen LogP contribution is -2.11. The van der Waals surface area contributed by atoms with Crippen LogP contribution < -0.4 is 14.2 Å². The van der Waals surface area contributed by atoms with Gasteiger partial charge in [-0.3, -0.25) is 14.4 Å². The van der Waals surface area contributed by atoms with Gasteiger partial charge in [0.2, 0.25) is 5.75 Å². The minimum atomic E-state index is -0.681. The summed E-state index contributed by atoms with van der Waals surface area (Å²) < 4.78 is 14.8. The summed E-state index contributed by atoms with van der Waals surface area (Å²) in [6, 6.07) is 2.72. The molecule has 21 heavy (non-hydrogen) atoms. The number of hydrogen-bond acceptors (Lipinski definition) is 7. The summed E-state index contributed by atoms with van der Waals surface area (Å²) in [5, 5.41) is 0. The van der Waals surface area contributed by atoms with Gasteiger partial charge < -0.3 is 19.0 Å². The van der Waals surface area contributed by atoms with Crippen LogP contribution in [0.25, 0.3) is 0 Å². The molecule has 0 aliphatic rings. The maximum Gasteiger partial charge on any atom is 0.308 e. The van der Waals surface area contributed by atoms with Gasteiger partial charge in [0.05, 0.1) is 0 Å². The van der Waals surface area contributed by atoms with Gasteiger partial charge >= 0.3 is 17.9 Å². The highest BCUT2D eigenvalue weighted by Crippen LogP contribution is 2.39. The topological polar surface area (TPSA) is 96.0 Å². The fourth-order valence-corrected chi connectivity index (χ4v) is 1.55. The van der Waals surface area contributed by atoms with Crippen LogP contribution in [0, 0.1) is 0 Å². The SMILES string of the molecule is CC(=O)Oc1cc(CC=O)cc(OC(C)=O)c1OC(C)=O. The molecule has 0 unspecified atom stereocenters. The first kappa shape index (κ1) is 16.4. The predicted molar refractivity (Wildman–Crippen MR) is 70.1 cm³/mol. The zero-order chi connectivity index (χ0) is 16.0. The Bertz CT molecular complexity index is 552. The third-order valence-electron chi connectivity index (χ3n) is 2.15. The van der Waals surface area contributed by atoms with Crippen LogP contribution in [0.1, 0.15) is 26.3 Å². The number of carbonyl (C=O) groups excluding carboxylic acids is 4. The number of ether oxygens (including phenoxy) is 3. The summed E-state index contributed by atoms with van der Waals surface area (Å²) in [5.74, 6) is -2.38. The largest absolute Gasteiger partial charge is 0.423 e. The highest BCUT2D eigenvalue weighted by atomic mass is 16.6. The number of rotatable bonds is 5. The van der Waals surface area contributed by atoms with Crippen molar-refractivity contribution in [3.63, 3.8) is 0 Å². The normalized spacial score (nSPS) is 9.67. The molecule has 1 aromatic rings. The molecule has 0 amide bonds.